The third-order valence-electron chi connectivity index (χ3n) is 1.89. The lowest BCUT2D eigenvalue weighted by molar-refractivity contribution is -0.986. The predicted molar refractivity (Wildman–Crippen MR) is 54.3 cm³/mol. The normalized spacial score (nSPS) is 17.1. The zero-order valence-corrected chi connectivity index (χ0v) is 9.76. The number of aliphatic hydroxyl groups is 2. The van der Waals surface area contributed by atoms with Gasteiger partial charge in [0.25, 0.3) is 0 Å². The molecular formula is C8H20BF4NO2. The van der Waals surface area contributed by atoms with E-state index in [9.17, 15) is 27.5 Å². The van der Waals surface area contributed by atoms with Crippen LogP contribution in [0.4, 0.5) is 17.3 Å². The molecule has 0 radical (unpaired) electrons. The van der Waals surface area contributed by atoms with Crippen LogP contribution in [0.1, 0.15) is 33.6 Å². The molecule has 0 saturated carbocycles. The summed E-state index contributed by atoms with van der Waals surface area (Å²) in [6.07, 6.45) is 1.21. The minimum Gasteiger partial charge on any atom is -0.418 e. The summed E-state index contributed by atoms with van der Waals surface area (Å²) in [5.74, 6) is 0. The Hall–Kier alpha value is -0.335. The molecule has 0 rings (SSSR count). The molecule has 0 fully saturated rings. The van der Waals surface area contributed by atoms with E-state index in [0.29, 0.717) is 0 Å². The van der Waals surface area contributed by atoms with E-state index in [-0.39, 0.29) is 0 Å². The van der Waals surface area contributed by atoms with E-state index in [1.165, 1.54) is 0 Å². The third-order valence-corrected chi connectivity index (χ3v) is 1.89. The van der Waals surface area contributed by atoms with Gasteiger partial charge in [-0.05, 0) is 6.42 Å². The van der Waals surface area contributed by atoms with E-state index >= 15 is 0 Å². The molecule has 8 heteroatoms. The Kier molecular flexibility index (Phi) is 9.90. The summed E-state index contributed by atoms with van der Waals surface area (Å²) in [5.41, 5.74) is 0. The summed E-state index contributed by atoms with van der Waals surface area (Å²) in [6, 6.07) is 0. The first-order valence-corrected chi connectivity index (χ1v) is 5.18. The summed E-state index contributed by atoms with van der Waals surface area (Å²) in [7, 11) is -6.00. The molecule has 100 valence electrons. The predicted octanol–water partition coefficient (Wildman–Crippen LogP) is 0.648. The topological polar surface area (TPSA) is 44.9 Å². The van der Waals surface area contributed by atoms with Crippen molar-refractivity contribution in [3.8, 4) is 0 Å². The van der Waals surface area contributed by atoms with Crippen LogP contribution in [-0.2, 0) is 0 Å². The minimum atomic E-state index is -6.00. The van der Waals surface area contributed by atoms with E-state index < -0.39 is 19.7 Å². The van der Waals surface area contributed by atoms with Gasteiger partial charge in [0.15, 0.2) is 12.5 Å². The van der Waals surface area contributed by atoms with Crippen molar-refractivity contribution >= 4 is 7.25 Å². The number of nitrogens with one attached hydrogen (secondary N) is 1. The number of unbranched alkanes of at least 4 members (excludes halogenated alkanes) is 1. The molecule has 0 aliphatic carbocycles. The quantitative estimate of drug-likeness (QED) is 0.380. The van der Waals surface area contributed by atoms with Crippen LogP contribution < -0.4 is 4.90 Å². The monoisotopic (exact) mass is 249 g/mol. The Morgan fingerprint density at radius 2 is 1.38 bits per heavy atom. The van der Waals surface area contributed by atoms with Crippen molar-refractivity contribution in [2.24, 2.45) is 0 Å². The molecule has 0 aliphatic rings. The fourth-order valence-corrected chi connectivity index (χ4v) is 1.15. The van der Waals surface area contributed by atoms with E-state index in [4.69, 9.17) is 0 Å². The van der Waals surface area contributed by atoms with Gasteiger partial charge in [0.2, 0.25) is 0 Å². The molecule has 3 nitrogen and oxygen atoms in total. The molecule has 2 unspecified atom stereocenters. The number of hydrogen-bond acceptors (Lipinski definition) is 2. The van der Waals surface area contributed by atoms with E-state index in [1.54, 1.807) is 13.8 Å². The second-order valence-electron chi connectivity index (χ2n) is 3.53. The van der Waals surface area contributed by atoms with Crippen LogP contribution in [0.25, 0.3) is 0 Å². The summed E-state index contributed by atoms with van der Waals surface area (Å²) in [6.45, 7) is 6.35. The molecule has 0 aromatic rings. The molecule has 0 aromatic carbocycles. The highest BCUT2D eigenvalue weighted by atomic mass is 19.5. The van der Waals surface area contributed by atoms with Gasteiger partial charge in [-0.1, -0.05) is 13.3 Å². The summed E-state index contributed by atoms with van der Waals surface area (Å²) >= 11 is 0. The average Bonchev–Trinajstić information content (AvgIpc) is 2.00. The van der Waals surface area contributed by atoms with Gasteiger partial charge in [-0.15, -0.1) is 0 Å². The fourth-order valence-electron chi connectivity index (χ4n) is 1.15. The van der Waals surface area contributed by atoms with Crippen molar-refractivity contribution in [1.82, 2.24) is 0 Å². The van der Waals surface area contributed by atoms with Gasteiger partial charge in [0.05, 0.1) is 6.54 Å². The summed E-state index contributed by atoms with van der Waals surface area (Å²) in [5, 5.41) is 18.4. The maximum atomic E-state index is 9.75. The van der Waals surface area contributed by atoms with E-state index in [0.717, 1.165) is 24.3 Å². The van der Waals surface area contributed by atoms with Crippen LogP contribution in [-0.4, -0.2) is 36.5 Å². The largest absolute Gasteiger partial charge is 0.673 e. The lowest BCUT2D eigenvalue weighted by Gasteiger charge is -2.24. The number of quaternary nitrogens is 1. The molecule has 0 amide bonds. The van der Waals surface area contributed by atoms with Gasteiger partial charge in [0, 0.05) is 13.8 Å². The molecule has 16 heavy (non-hydrogen) atoms. The van der Waals surface area contributed by atoms with Crippen molar-refractivity contribution in [2.75, 3.05) is 6.54 Å². The Labute approximate surface area is 93.2 Å². The fraction of sp³-hybridized carbons (Fsp3) is 1.00. The number of hydrogen-bond donors (Lipinski definition) is 3. The maximum absolute atomic E-state index is 9.75. The molecule has 0 bridgehead atoms. The van der Waals surface area contributed by atoms with Crippen molar-refractivity contribution in [2.45, 2.75) is 46.1 Å². The number of halogens is 4. The molecule has 0 saturated heterocycles. The molecule has 2 atom stereocenters. The smallest absolute Gasteiger partial charge is 0.418 e. The van der Waals surface area contributed by atoms with Gasteiger partial charge >= 0.3 is 7.25 Å². The lowest BCUT2D eigenvalue weighted by atomic mass is 10.3. The van der Waals surface area contributed by atoms with Crippen LogP contribution in [0.3, 0.4) is 0 Å². The number of aliphatic hydroxyl groups excluding tert-OH is 2. The lowest BCUT2D eigenvalue weighted by Crippen LogP contribution is -3.18. The Bertz CT molecular complexity index is 153. The highest BCUT2D eigenvalue weighted by molar-refractivity contribution is 6.50. The standard InChI is InChI=1S/C8H19NO2.BF4/c1-4-5-6-9(7(2)10)8(3)11;2-1(3,4)5/h7-8,10-11H,4-6H2,1-3H3;/q;-1/p+1. The second-order valence-corrected chi connectivity index (χ2v) is 3.53. The summed E-state index contributed by atoms with van der Waals surface area (Å²) < 4.78 is 39.0. The van der Waals surface area contributed by atoms with Gasteiger partial charge in [0.1, 0.15) is 0 Å². The van der Waals surface area contributed by atoms with Crippen LogP contribution in [0.15, 0.2) is 0 Å². The van der Waals surface area contributed by atoms with Gasteiger partial charge in [-0.3, -0.25) is 4.90 Å². The van der Waals surface area contributed by atoms with Crippen molar-refractivity contribution in [1.29, 1.82) is 0 Å². The zero-order valence-electron chi connectivity index (χ0n) is 9.76. The highest BCUT2D eigenvalue weighted by Gasteiger charge is 2.20. The van der Waals surface area contributed by atoms with Gasteiger partial charge in [-0.2, -0.15) is 0 Å². The molecule has 0 spiro atoms. The van der Waals surface area contributed by atoms with Crippen LogP contribution in [0.5, 0.6) is 0 Å². The average molecular weight is 249 g/mol. The molecular weight excluding hydrogens is 229 g/mol. The van der Waals surface area contributed by atoms with Crippen LogP contribution in [0, 0.1) is 0 Å². The van der Waals surface area contributed by atoms with Crippen molar-refractivity contribution in [3.63, 3.8) is 0 Å². The van der Waals surface area contributed by atoms with Crippen LogP contribution >= 0.6 is 0 Å². The highest BCUT2D eigenvalue weighted by Crippen LogP contribution is 2.06. The zero-order chi connectivity index (χ0) is 13.4. The van der Waals surface area contributed by atoms with Gasteiger partial charge < -0.3 is 27.5 Å². The minimum absolute atomic E-state index is 0.471. The van der Waals surface area contributed by atoms with Crippen LogP contribution in [0.2, 0.25) is 0 Å². The molecule has 0 aliphatic heterocycles. The Balaban J connectivity index is 0. The number of rotatable bonds is 5. The second kappa shape index (κ2) is 8.78. The van der Waals surface area contributed by atoms with E-state index in [2.05, 4.69) is 6.92 Å². The molecule has 0 aromatic heterocycles. The van der Waals surface area contributed by atoms with Crippen molar-refractivity contribution < 1.29 is 32.4 Å². The van der Waals surface area contributed by atoms with Gasteiger partial charge in [-0.25, -0.2) is 0 Å². The first-order valence-electron chi connectivity index (χ1n) is 5.18. The molecule has 3 N–H and O–H groups in total. The Morgan fingerprint density at radius 3 is 1.56 bits per heavy atom. The van der Waals surface area contributed by atoms with Crippen molar-refractivity contribution in [3.05, 3.63) is 0 Å². The van der Waals surface area contributed by atoms with E-state index in [1.807, 2.05) is 0 Å². The molecule has 0 heterocycles. The SMILES string of the molecule is CCCC[NH+](C(C)O)C(C)O.F[B-](F)(F)F. The third kappa shape index (κ3) is 16.1. The Morgan fingerprint density at radius 1 is 1.06 bits per heavy atom. The first-order chi connectivity index (χ1) is 7.09. The first kappa shape index (κ1) is 18.0. The maximum Gasteiger partial charge on any atom is 0.673 e. The summed E-state index contributed by atoms with van der Waals surface area (Å²) in [4.78, 5) is 0.854.